The topological polar surface area (TPSA) is 89.0 Å². The molecule has 4 rings (SSSR count). The molecule has 2 N–H and O–H groups in total. The van der Waals surface area contributed by atoms with Gasteiger partial charge in [0, 0.05) is 23.0 Å². The molecule has 7 nitrogen and oxygen atoms in total. The van der Waals surface area contributed by atoms with E-state index in [9.17, 15) is 9.59 Å². The molecule has 0 radical (unpaired) electrons. The van der Waals surface area contributed by atoms with Crippen molar-refractivity contribution in [1.82, 2.24) is 5.43 Å². The molecular formula is C23H21N3O4. The first-order chi connectivity index (χ1) is 14.6. The molecule has 0 bridgehead atoms. The quantitative estimate of drug-likeness (QED) is 0.502. The van der Waals surface area contributed by atoms with Gasteiger partial charge in [-0.3, -0.25) is 9.59 Å². The van der Waals surface area contributed by atoms with Gasteiger partial charge in [-0.25, -0.2) is 5.43 Å². The molecule has 1 heterocycles. The molecule has 3 aromatic carbocycles. The second-order valence-corrected chi connectivity index (χ2v) is 6.93. The number of carbonyl (C=O) groups excluding carboxylic acids is 2. The summed E-state index contributed by atoms with van der Waals surface area (Å²) in [5.41, 5.74) is 4.11. The monoisotopic (exact) mass is 403 g/mol. The van der Waals surface area contributed by atoms with Crippen LogP contribution in [-0.4, -0.2) is 30.7 Å². The Hall–Kier alpha value is -3.87. The SMILES string of the molecule is C/C(CC(=O)Nc1ccc2c(c1)OCCO2)=N/NC(=O)c1ccc2ccccc2c1. The Morgan fingerprint density at radius 1 is 0.933 bits per heavy atom. The molecule has 0 saturated carbocycles. The second-order valence-electron chi connectivity index (χ2n) is 6.93. The third kappa shape index (κ3) is 4.57. The minimum Gasteiger partial charge on any atom is -0.486 e. The van der Waals surface area contributed by atoms with Gasteiger partial charge in [-0.15, -0.1) is 0 Å². The Morgan fingerprint density at radius 3 is 2.53 bits per heavy atom. The van der Waals surface area contributed by atoms with E-state index in [0.717, 1.165) is 10.8 Å². The fraction of sp³-hybridized carbons (Fsp3) is 0.174. The lowest BCUT2D eigenvalue weighted by atomic mass is 10.1. The predicted molar refractivity (Wildman–Crippen MR) is 115 cm³/mol. The van der Waals surface area contributed by atoms with Crippen molar-refractivity contribution in [2.24, 2.45) is 5.10 Å². The summed E-state index contributed by atoms with van der Waals surface area (Å²) in [5, 5.41) is 8.87. The van der Waals surface area contributed by atoms with Crippen LogP contribution in [0.1, 0.15) is 23.7 Å². The minimum absolute atomic E-state index is 0.0481. The molecule has 0 aliphatic carbocycles. The molecule has 3 aromatic rings. The lowest BCUT2D eigenvalue weighted by Gasteiger charge is -2.19. The van der Waals surface area contributed by atoms with Crippen molar-refractivity contribution in [3.05, 3.63) is 66.2 Å². The number of carbonyl (C=O) groups is 2. The molecular weight excluding hydrogens is 382 g/mol. The van der Waals surface area contributed by atoms with Crippen LogP contribution in [0.25, 0.3) is 10.8 Å². The van der Waals surface area contributed by atoms with Crippen molar-refractivity contribution in [2.75, 3.05) is 18.5 Å². The summed E-state index contributed by atoms with van der Waals surface area (Å²) in [5.74, 6) is 0.695. The van der Waals surface area contributed by atoms with Gasteiger partial charge in [-0.05, 0) is 42.0 Å². The largest absolute Gasteiger partial charge is 0.486 e. The fourth-order valence-corrected chi connectivity index (χ4v) is 3.14. The maximum atomic E-state index is 12.4. The standard InChI is InChI=1S/C23H21N3O4/c1-15(12-22(27)24-19-8-9-20-21(14-19)30-11-10-29-20)25-26-23(28)18-7-6-16-4-2-3-5-17(16)13-18/h2-9,13-14H,10-12H2,1H3,(H,24,27)(H,26,28)/b25-15-. The molecule has 152 valence electrons. The van der Waals surface area contributed by atoms with Crippen LogP contribution in [0.4, 0.5) is 5.69 Å². The zero-order valence-corrected chi connectivity index (χ0v) is 16.5. The van der Waals surface area contributed by atoms with Crippen LogP contribution in [0.15, 0.2) is 65.8 Å². The first-order valence-corrected chi connectivity index (χ1v) is 9.60. The third-order valence-electron chi connectivity index (χ3n) is 4.60. The summed E-state index contributed by atoms with van der Waals surface area (Å²) < 4.78 is 11.0. The first-order valence-electron chi connectivity index (χ1n) is 9.60. The Balaban J connectivity index is 1.34. The van der Waals surface area contributed by atoms with Gasteiger partial charge < -0.3 is 14.8 Å². The van der Waals surface area contributed by atoms with Crippen LogP contribution < -0.4 is 20.2 Å². The average molecular weight is 403 g/mol. The number of benzene rings is 3. The maximum Gasteiger partial charge on any atom is 0.271 e. The highest BCUT2D eigenvalue weighted by atomic mass is 16.6. The van der Waals surface area contributed by atoms with Crippen LogP contribution in [0.2, 0.25) is 0 Å². The molecule has 30 heavy (non-hydrogen) atoms. The summed E-state index contributed by atoms with van der Waals surface area (Å²) in [4.78, 5) is 24.6. The number of fused-ring (bicyclic) bond motifs is 2. The van der Waals surface area contributed by atoms with Gasteiger partial charge in [0.15, 0.2) is 11.5 Å². The van der Waals surface area contributed by atoms with E-state index in [1.165, 1.54) is 0 Å². The summed E-state index contributed by atoms with van der Waals surface area (Å²) in [6, 6.07) is 18.5. The lowest BCUT2D eigenvalue weighted by molar-refractivity contribution is -0.115. The molecule has 1 aliphatic rings. The number of nitrogens with one attached hydrogen (secondary N) is 2. The van der Waals surface area contributed by atoms with E-state index in [0.29, 0.717) is 41.7 Å². The Kier molecular flexibility index (Phi) is 5.61. The third-order valence-corrected chi connectivity index (χ3v) is 4.60. The molecule has 0 atom stereocenters. The molecule has 0 saturated heterocycles. The van der Waals surface area contributed by atoms with E-state index in [2.05, 4.69) is 15.8 Å². The summed E-state index contributed by atoms with van der Waals surface area (Å²) in [6.45, 7) is 2.68. The van der Waals surface area contributed by atoms with E-state index < -0.39 is 0 Å². The Morgan fingerprint density at radius 2 is 1.70 bits per heavy atom. The number of amides is 2. The molecule has 0 unspecified atom stereocenters. The summed E-state index contributed by atoms with van der Waals surface area (Å²) in [7, 11) is 0. The van der Waals surface area contributed by atoms with E-state index in [1.54, 1.807) is 31.2 Å². The smallest absolute Gasteiger partial charge is 0.271 e. The maximum absolute atomic E-state index is 12.4. The zero-order chi connectivity index (χ0) is 20.9. The van der Waals surface area contributed by atoms with Gasteiger partial charge in [-0.1, -0.05) is 30.3 Å². The Bertz CT molecular complexity index is 1140. The van der Waals surface area contributed by atoms with Crippen molar-refractivity contribution < 1.29 is 19.1 Å². The fourth-order valence-electron chi connectivity index (χ4n) is 3.14. The average Bonchev–Trinajstić information content (AvgIpc) is 2.77. The number of rotatable bonds is 5. The highest BCUT2D eigenvalue weighted by Crippen LogP contribution is 2.32. The summed E-state index contributed by atoms with van der Waals surface area (Å²) in [6.07, 6.45) is 0.0481. The number of hydrogen-bond acceptors (Lipinski definition) is 5. The number of hydrogen-bond donors (Lipinski definition) is 2. The van der Waals surface area contributed by atoms with Crippen LogP contribution in [0, 0.1) is 0 Å². The van der Waals surface area contributed by atoms with Gasteiger partial charge in [-0.2, -0.15) is 5.10 Å². The second kappa shape index (κ2) is 8.65. The molecule has 0 fully saturated rings. The van der Waals surface area contributed by atoms with E-state index in [-0.39, 0.29) is 18.2 Å². The van der Waals surface area contributed by atoms with Crippen LogP contribution >= 0.6 is 0 Å². The molecule has 2 amide bonds. The van der Waals surface area contributed by atoms with Gasteiger partial charge in [0.05, 0.1) is 6.42 Å². The zero-order valence-electron chi connectivity index (χ0n) is 16.5. The Labute approximate surface area is 173 Å². The van der Waals surface area contributed by atoms with Crippen molar-refractivity contribution in [3.63, 3.8) is 0 Å². The lowest BCUT2D eigenvalue weighted by Crippen LogP contribution is -2.21. The molecule has 0 aromatic heterocycles. The van der Waals surface area contributed by atoms with Crippen LogP contribution in [0.3, 0.4) is 0 Å². The van der Waals surface area contributed by atoms with Crippen molar-refractivity contribution >= 4 is 34.0 Å². The van der Waals surface area contributed by atoms with E-state index in [4.69, 9.17) is 9.47 Å². The highest BCUT2D eigenvalue weighted by molar-refractivity contribution is 6.06. The first kappa shape index (κ1) is 19.4. The van der Waals surface area contributed by atoms with Crippen molar-refractivity contribution in [1.29, 1.82) is 0 Å². The van der Waals surface area contributed by atoms with E-state index >= 15 is 0 Å². The number of hydrazone groups is 1. The van der Waals surface area contributed by atoms with Gasteiger partial charge >= 0.3 is 0 Å². The molecule has 1 aliphatic heterocycles. The van der Waals surface area contributed by atoms with Gasteiger partial charge in [0.25, 0.3) is 5.91 Å². The van der Waals surface area contributed by atoms with Crippen LogP contribution in [-0.2, 0) is 4.79 Å². The van der Waals surface area contributed by atoms with Gasteiger partial charge in [0.2, 0.25) is 5.91 Å². The number of ether oxygens (including phenoxy) is 2. The number of anilines is 1. The van der Waals surface area contributed by atoms with Crippen LogP contribution in [0.5, 0.6) is 11.5 Å². The highest BCUT2D eigenvalue weighted by Gasteiger charge is 2.13. The molecule has 7 heteroatoms. The number of nitrogens with zero attached hydrogens (tertiary/aromatic N) is 1. The van der Waals surface area contributed by atoms with Crippen molar-refractivity contribution in [2.45, 2.75) is 13.3 Å². The van der Waals surface area contributed by atoms with Crippen molar-refractivity contribution in [3.8, 4) is 11.5 Å². The normalized spacial score (nSPS) is 13.0. The minimum atomic E-state index is -0.327. The predicted octanol–water partition coefficient (Wildman–Crippen LogP) is 3.75. The van der Waals surface area contributed by atoms with E-state index in [1.807, 2.05) is 36.4 Å². The van der Waals surface area contributed by atoms with Gasteiger partial charge in [0.1, 0.15) is 13.2 Å². The summed E-state index contributed by atoms with van der Waals surface area (Å²) >= 11 is 0. The molecule has 0 spiro atoms.